The number of rotatable bonds is 8. The molecular weight excluding hydrogens is 262 g/mol. The Bertz CT molecular complexity index is 479. The van der Waals surface area contributed by atoms with Gasteiger partial charge in [0, 0.05) is 13.2 Å². The summed E-state index contributed by atoms with van der Waals surface area (Å²) in [6.45, 7) is 4.39. The van der Waals surface area contributed by atoms with Gasteiger partial charge in [0.25, 0.3) is 0 Å². The van der Waals surface area contributed by atoms with E-state index in [1.54, 1.807) is 18.2 Å². The van der Waals surface area contributed by atoms with E-state index in [2.05, 4.69) is 11.6 Å². The molecule has 19 heavy (non-hydrogen) atoms. The lowest BCUT2D eigenvalue weighted by molar-refractivity contribution is 0.251. The molecule has 0 amide bonds. The smallest absolute Gasteiger partial charge is 0.240 e. The maximum absolute atomic E-state index is 12.1. The zero-order valence-electron chi connectivity index (χ0n) is 11.6. The van der Waals surface area contributed by atoms with Gasteiger partial charge in [-0.25, -0.2) is 13.1 Å². The third kappa shape index (κ3) is 5.30. The Morgan fingerprint density at radius 1 is 1.32 bits per heavy atom. The minimum atomic E-state index is -3.45. The fraction of sp³-hybridized carbons (Fsp3) is 0.571. The molecule has 0 saturated carbocycles. The SMILES string of the molecule is CCCC(CCO)CNS(=O)(=O)c1cccc(C)c1. The van der Waals surface area contributed by atoms with Gasteiger partial charge in [-0.2, -0.15) is 0 Å². The van der Waals surface area contributed by atoms with Gasteiger partial charge in [0.2, 0.25) is 10.0 Å². The first-order valence-corrected chi connectivity index (χ1v) is 8.15. The van der Waals surface area contributed by atoms with Crippen LogP contribution < -0.4 is 4.72 Å². The molecule has 1 aromatic rings. The van der Waals surface area contributed by atoms with Crippen molar-refractivity contribution in [3.63, 3.8) is 0 Å². The van der Waals surface area contributed by atoms with Gasteiger partial charge in [0.1, 0.15) is 0 Å². The van der Waals surface area contributed by atoms with Gasteiger partial charge in [-0.05, 0) is 43.4 Å². The number of hydrogen-bond acceptors (Lipinski definition) is 3. The summed E-state index contributed by atoms with van der Waals surface area (Å²) in [5, 5.41) is 8.97. The Morgan fingerprint density at radius 2 is 2.05 bits per heavy atom. The molecule has 0 aliphatic rings. The molecular formula is C14H23NO3S. The summed E-state index contributed by atoms with van der Waals surface area (Å²) in [6, 6.07) is 6.85. The van der Waals surface area contributed by atoms with Crippen molar-refractivity contribution in [3.05, 3.63) is 29.8 Å². The van der Waals surface area contributed by atoms with Crippen LogP contribution in [0, 0.1) is 12.8 Å². The van der Waals surface area contributed by atoms with Gasteiger partial charge in [-0.3, -0.25) is 0 Å². The van der Waals surface area contributed by atoms with Crippen LogP contribution in [0.2, 0.25) is 0 Å². The van der Waals surface area contributed by atoms with Crippen LogP contribution in [0.3, 0.4) is 0 Å². The Hall–Kier alpha value is -0.910. The monoisotopic (exact) mass is 285 g/mol. The van der Waals surface area contributed by atoms with Crippen LogP contribution >= 0.6 is 0 Å². The van der Waals surface area contributed by atoms with E-state index in [0.717, 1.165) is 18.4 Å². The van der Waals surface area contributed by atoms with Gasteiger partial charge >= 0.3 is 0 Å². The van der Waals surface area contributed by atoms with Crippen LogP contribution in [0.1, 0.15) is 31.7 Å². The first kappa shape index (κ1) is 16.1. The van der Waals surface area contributed by atoms with Crippen LogP contribution in [0.25, 0.3) is 0 Å². The largest absolute Gasteiger partial charge is 0.396 e. The maximum Gasteiger partial charge on any atom is 0.240 e. The zero-order valence-corrected chi connectivity index (χ0v) is 12.4. The summed E-state index contributed by atoms with van der Waals surface area (Å²) in [5.74, 6) is 0.189. The van der Waals surface area contributed by atoms with Crippen molar-refractivity contribution in [1.29, 1.82) is 0 Å². The Morgan fingerprint density at radius 3 is 2.63 bits per heavy atom. The minimum Gasteiger partial charge on any atom is -0.396 e. The lowest BCUT2D eigenvalue weighted by Gasteiger charge is -2.16. The van der Waals surface area contributed by atoms with Crippen LogP contribution in [0.5, 0.6) is 0 Å². The van der Waals surface area contributed by atoms with Gasteiger partial charge < -0.3 is 5.11 Å². The molecule has 1 unspecified atom stereocenters. The molecule has 0 spiro atoms. The number of nitrogens with one attached hydrogen (secondary N) is 1. The summed E-state index contributed by atoms with van der Waals surface area (Å²) >= 11 is 0. The Labute approximate surface area is 115 Å². The molecule has 1 aromatic carbocycles. The molecule has 0 radical (unpaired) electrons. The number of aliphatic hydroxyl groups is 1. The van der Waals surface area contributed by atoms with Crippen LogP contribution in [0.15, 0.2) is 29.2 Å². The van der Waals surface area contributed by atoms with Gasteiger partial charge in [-0.15, -0.1) is 0 Å². The van der Waals surface area contributed by atoms with Crippen molar-refractivity contribution in [2.45, 2.75) is 38.0 Å². The van der Waals surface area contributed by atoms with Gasteiger partial charge in [-0.1, -0.05) is 25.5 Å². The number of aliphatic hydroxyl groups excluding tert-OH is 1. The second-order valence-corrected chi connectivity index (χ2v) is 6.60. The molecule has 0 saturated heterocycles. The Kier molecular flexibility index (Phi) is 6.48. The average Bonchev–Trinajstić information content (AvgIpc) is 2.37. The van der Waals surface area contributed by atoms with Gasteiger partial charge in [0.15, 0.2) is 0 Å². The highest BCUT2D eigenvalue weighted by atomic mass is 32.2. The summed E-state index contributed by atoms with van der Waals surface area (Å²) in [4.78, 5) is 0.298. The van der Waals surface area contributed by atoms with Crippen LogP contribution in [-0.2, 0) is 10.0 Å². The predicted octanol–water partition coefficient (Wildman–Crippen LogP) is 2.07. The topological polar surface area (TPSA) is 66.4 Å². The highest BCUT2D eigenvalue weighted by Gasteiger charge is 2.16. The second-order valence-electron chi connectivity index (χ2n) is 4.84. The van der Waals surface area contributed by atoms with Crippen LogP contribution in [-0.4, -0.2) is 26.7 Å². The number of benzene rings is 1. The molecule has 2 N–H and O–H groups in total. The molecule has 0 fully saturated rings. The molecule has 0 aromatic heterocycles. The molecule has 5 heteroatoms. The molecule has 0 bridgehead atoms. The van der Waals surface area contributed by atoms with E-state index >= 15 is 0 Å². The third-order valence-corrected chi connectivity index (χ3v) is 4.52. The van der Waals surface area contributed by atoms with Crippen molar-refractivity contribution in [2.75, 3.05) is 13.2 Å². The average molecular weight is 285 g/mol. The van der Waals surface area contributed by atoms with Crippen molar-refractivity contribution in [2.24, 2.45) is 5.92 Å². The quantitative estimate of drug-likeness (QED) is 0.768. The second kappa shape index (κ2) is 7.62. The Balaban J connectivity index is 2.69. The predicted molar refractivity (Wildman–Crippen MR) is 76.5 cm³/mol. The number of hydrogen-bond donors (Lipinski definition) is 2. The zero-order chi connectivity index (χ0) is 14.3. The van der Waals surface area contributed by atoms with E-state index in [-0.39, 0.29) is 12.5 Å². The fourth-order valence-corrected chi connectivity index (χ4v) is 3.25. The van der Waals surface area contributed by atoms with Crippen molar-refractivity contribution in [3.8, 4) is 0 Å². The highest BCUT2D eigenvalue weighted by molar-refractivity contribution is 7.89. The van der Waals surface area contributed by atoms with E-state index in [9.17, 15) is 8.42 Å². The minimum absolute atomic E-state index is 0.0941. The lowest BCUT2D eigenvalue weighted by Crippen LogP contribution is -2.30. The van der Waals surface area contributed by atoms with Gasteiger partial charge in [0.05, 0.1) is 4.90 Å². The normalized spacial score (nSPS) is 13.4. The molecule has 4 nitrogen and oxygen atoms in total. The van der Waals surface area contributed by atoms with Crippen LogP contribution in [0.4, 0.5) is 0 Å². The van der Waals surface area contributed by atoms with E-state index in [1.165, 1.54) is 0 Å². The molecule has 0 aliphatic carbocycles. The standard InChI is InChI=1S/C14H23NO3S/c1-3-5-13(8-9-16)11-15-19(17,18)14-7-4-6-12(2)10-14/h4,6-7,10,13,15-16H,3,5,8-9,11H2,1-2H3. The number of sulfonamides is 1. The van der Waals surface area contributed by atoms with E-state index in [4.69, 9.17) is 5.11 Å². The molecule has 0 heterocycles. The lowest BCUT2D eigenvalue weighted by atomic mass is 10.0. The van der Waals surface area contributed by atoms with Crippen molar-refractivity contribution < 1.29 is 13.5 Å². The first-order chi connectivity index (χ1) is 8.99. The summed E-state index contributed by atoms with van der Waals surface area (Å²) < 4.78 is 26.9. The fourth-order valence-electron chi connectivity index (χ4n) is 2.03. The molecule has 1 rings (SSSR count). The molecule has 1 atom stereocenters. The van der Waals surface area contributed by atoms with E-state index in [1.807, 2.05) is 13.0 Å². The van der Waals surface area contributed by atoms with E-state index < -0.39 is 10.0 Å². The third-order valence-electron chi connectivity index (χ3n) is 3.10. The molecule has 0 aliphatic heterocycles. The summed E-state index contributed by atoms with van der Waals surface area (Å²) in [7, 11) is -3.45. The maximum atomic E-state index is 12.1. The highest BCUT2D eigenvalue weighted by Crippen LogP contribution is 2.13. The summed E-state index contributed by atoms with van der Waals surface area (Å²) in [5.41, 5.74) is 0.920. The summed E-state index contributed by atoms with van der Waals surface area (Å²) in [6.07, 6.45) is 2.53. The van der Waals surface area contributed by atoms with E-state index in [0.29, 0.717) is 17.9 Å². The van der Waals surface area contributed by atoms with Crippen molar-refractivity contribution in [1.82, 2.24) is 4.72 Å². The molecule has 108 valence electrons. The number of aryl methyl sites for hydroxylation is 1. The first-order valence-electron chi connectivity index (χ1n) is 6.66. The van der Waals surface area contributed by atoms with Crippen molar-refractivity contribution >= 4 is 10.0 Å².